The number of carbonyl (C=O) groups excluding carboxylic acids is 2. The monoisotopic (exact) mass is 569 g/mol. The lowest BCUT2D eigenvalue weighted by atomic mass is 9.71. The maximum absolute atomic E-state index is 13.2. The second-order valence-corrected chi connectivity index (χ2v) is 13.9. The van der Waals surface area contributed by atoms with Crippen molar-refractivity contribution in [2.45, 2.75) is 82.4 Å². The summed E-state index contributed by atoms with van der Waals surface area (Å²) in [6.45, 7) is 9.71. The Morgan fingerprint density at radius 1 is 0.900 bits per heavy atom. The van der Waals surface area contributed by atoms with Gasteiger partial charge in [0.2, 0.25) is 15.9 Å². The van der Waals surface area contributed by atoms with Crippen LogP contribution in [0, 0.1) is 5.41 Å². The number of nitrogens with one attached hydrogen (secondary N) is 1. The first-order valence-electron chi connectivity index (χ1n) is 14.3. The first kappa shape index (κ1) is 30.2. The zero-order chi connectivity index (χ0) is 28.8. The molecule has 2 aliphatic rings. The van der Waals surface area contributed by atoms with Gasteiger partial charge in [0, 0.05) is 26.1 Å². The van der Waals surface area contributed by atoms with Crippen LogP contribution >= 0.6 is 0 Å². The van der Waals surface area contributed by atoms with Crippen molar-refractivity contribution in [2.75, 3.05) is 26.2 Å². The van der Waals surface area contributed by atoms with E-state index < -0.39 is 27.6 Å². The van der Waals surface area contributed by atoms with E-state index >= 15 is 0 Å². The second kappa shape index (κ2) is 12.8. The minimum atomic E-state index is -3.96. The summed E-state index contributed by atoms with van der Waals surface area (Å²) in [5.41, 5.74) is 0.846. The number of nitrogens with zero attached hydrogens (tertiary/aromatic N) is 2. The minimum Gasteiger partial charge on any atom is -0.459 e. The maximum Gasteiger partial charge on any atom is 0.324 e. The molecule has 9 heteroatoms. The van der Waals surface area contributed by atoms with E-state index in [1.54, 1.807) is 39.0 Å². The van der Waals surface area contributed by atoms with E-state index in [1.807, 2.05) is 11.0 Å². The van der Waals surface area contributed by atoms with Gasteiger partial charge in [0.1, 0.15) is 11.6 Å². The fraction of sp³-hybridized carbons (Fsp3) is 0.548. The van der Waals surface area contributed by atoms with Gasteiger partial charge in [0.25, 0.3) is 0 Å². The summed E-state index contributed by atoms with van der Waals surface area (Å²) in [6.07, 6.45) is 4.35. The van der Waals surface area contributed by atoms with E-state index in [2.05, 4.69) is 33.9 Å². The Hall–Kier alpha value is -2.75. The van der Waals surface area contributed by atoms with E-state index in [0.717, 1.165) is 45.3 Å². The molecule has 8 nitrogen and oxygen atoms in total. The van der Waals surface area contributed by atoms with Crippen LogP contribution in [0.15, 0.2) is 65.6 Å². The van der Waals surface area contributed by atoms with Crippen molar-refractivity contribution in [3.05, 3.63) is 66.2 Å². The van der Waals surface area contributed by atoms with Gasteiger partial charge in [-0.25, -0.2) is 8.42 Å². The SMILES string of the molecule is CC(C)(C)OC(=O)C(CCC(=O)N1CCC2(CCN(Cc3ccccc3)CC2)CC1)NS(=O)(=O)c1ccccc1. The van der Waals surface area contributed by atoms with Crippen LogP contribution in [-0.4, -0.2) is 67.9 Å². The first-order chi connectivity index (χ1) is 18.9. The number of sulfonamides is 1. The third-order valence-electron chi connectivity index (χ3n) is 8.03. The molecule has 1 atom stereocenters. The normalized spacial score (nSPS) is 18.8. The Balaban J connectivity index is 1.29. The van der Waals surface area contributed by atoms with Gasteiger partial charge in [-0.05, 0) is 89.1 Å². The van der Waals surface area contributed by atoms with Crippen molar-refractivity contribution in [2.24, 2.45) is 5.41 Å². The molecule has 0 radical (unpaired) electrons. The fourth-order valence-electron chi connectivity index (χ4n) is 5.64. The number of likely N-dealkylation sites (tertiary alicyclic amines) is 2. The first-order valence-corrected chi connectivity index (χ1v) is 15.8. The zero-order valence-corrected chi connectivity index (χ0v) is 24.8. The lowest BCUT2D eigenvalue weighted by Crippen LogP contribution is -2.48. The van der Waals surface area contributed by atoms with Crippen molar-refractivity contribution < 1.29 is 22.7 Å². The summed E-state index contributed by atoms with van der Waals surface area (Å²) in [7, 11) is -3.96. The number of rotatable bonds is 9. The molecule has 1 N–H and O–H groups in total. The topological polar surface area (TPSA) is 96.0 Å². The summed E-state index contributed by atoms with van der Waals surface area (Å²) in [6, 6.07) is 17.3. The molecule has 218 valence electrons. The van der Waals surface area contributed by atoms with Gasteiger partial charge >= 0.3 is 5.97 Å². The zero-order valence-electron chi connectivity index (χ0n) is 24.0. The smallest absolute Gasteiger partial charge is 0.324 e. The highest BCUT2D eigenvalue weighted by Gasteiger charge is 2.39. The molecule has 0 bridgehead atoms. The van der Waals surface area contributed by atoms with Gasteiger partial charge in [-0.15, -0.1) is 0 Å². The summed E-state index contributed by atoms with van der Waals surface area (Å²) in [4.78, 5) is 30.5. The summed E-state index contributed by atoms with van der Waals surface area (Å²) in [5, 5.41) is 0. The molecule has 1 spiro atoms. The second-order valence-electron chi connectivity index (χ2n) is 12.2. The van der Waals surface area contributed by atoms with Crippen molar-refractivity contribution in [3.8, 4) is 0 Å². The molecule has 0 aliphatic carbocycles. The molecule has 2 aromatic carbocycles. The van der Waals surface area contributed by atoms with E-state index in [0.29, 0.717) is 13.1 Å². The average Bonchev–Trinajstić information content (AvgIpc) is 2.93. The number of amides is 1. The van der Waals surface area contributed by atoms with E-state index in [4.69, 9.17) is 4.74 Å². The number of hydrogen-bond donors (Lipinski definition) is 1. The van der Waals surface area contributed by atoms with Crippen molar-refractivity contribution in [3.63, 3.8) is 0 Å². The average molecular weight is 570 g/mol. The Morgan fingerprint density at radius 3 is 2.02 bits per heavy atom. The summed E-state index contributed by atoms with van der Waals surface area (Å²) < 4.78 is 33.8. The molecule has 2 aromatic rings. The van der Waals surface area contributed by atoms with Crippen LogP contribution in [-0.2, 0) is 30.9 Å². The Bertz CT molecular complexity index is 1230. The molecule has 0 saturated carbocycles. The molecule has 2 saturated heterocycles. The third-order valence-corrected chi connectivity index (χ3v) is 9.52. The van der Waals surface area contributed by atoms with Crippen LogP contribution in [0.4, 0.5) is 0 Å². The van der Waals surface area contributed by atoms with E-state index in [1.165, 1.54) is 17.7 Å². The molecule has 1 unspecified atom stereocenters. The highest BCUT2D eigenvalue weighted by molar-refractivity contribution is 7.89. The van der Waals surface area contributed by atoms with E-state index in [-0.39, 0.29) is 29.1 Å². The Kier molecular flexibility index (Phi) is 9.69. The van der Waals surface area contributed by atoms with Gasteiger partial charge in [-0.2, -0.15) is 4.72 Å². The lowest BCUT2D eigenvalue weighted by Gasteiger charge is -2.47. The predicted octanol–water partition coefficient (Wildman–Crippen LogP) is 4.36. The van der Waals surface area contributed by atoms with Gasteiger partial charge in [0.05, 0.1) is 4.90 Å². The van der Waals surface area contributed by atoms with Crippen LogP contribution < -0.4 is 4.72 Å². The highest BCUT2D eigenvalue weighted by Crippen LogP contribution is 2.41. The fourth-order valence-corrected chi connectivity index (χ4v) is 6.88. The molecular weight excluding hydrogens is 526 g/mol. The largest absolute Gasteiger partial charge is 0.459 e. The van der Waals surface area contributed by atoms with Gasteiger partial charge in [0.15, 0.2) is 0 Å². The minimum absolute atomic E-state index is 0.0376. The molecule has 0 aromatic heterocycles. The highest BCUT2D eigenvalue weighted by atomic mass is 32.2. The van der Waals surface area contributed by atoms with Crippen LogP contribution in [0.1, 0.15) is 64.9 Å². The van der Waals surface area contributed by atoms with Crippen molar-refractivity contribution >= 4 is 21.9 Å². The van der Waals surface area contributed by atoms with Crippen LogP contribution in [0.5, 0.6) is 0 Å². The van der Waals surface area contributed by atoms with Gasteiger partial charge < -0.3 is 9.64 Å². The quantitative estimate of drug-likeness (QED) is 0.451. The lowest BCUT2D eigenvalue weighted by molar-refractivity contribution is -0.157. The van der Waals surface area contributed by atoms with Crippen LogP contribution in [0.3, 0.4) is 0 Å². The number of esters is 1. The van der Waals surface area contributed by atoms with Gasteiger partial charge in [-0.3, -0.25) is 14.5 Å². The molecule has 2 aliphatic heterocycles. The molecular formula is C31H43N3O5S. The van der Waals surface area contributed by atoms with Crippen molar-refractivity contribution in [1.82, 2.24) is 14.5 Å². The number of benzene rings is 2. The Morgan fingerprint density at radius 2 is 1.45 bits per heavy atom. The summed E-state index contributed by atoms with van der Waals surface area (Å²) in [5.74, 6) is -0.733. The standard InChI is InChI=1S/C31H43N3O5S/c1-30(2,3)39-29(36)27(32-40(37,38)26-12-8-5-9-13-26)14-15-28(35)34-22-18-31(19-23-34)16-20-33(21-17-31)24-25-10-6-4-7-11-25/h4-13,27,32H,14-24H2,1-3H3. The third kappa shape index (κ3) is 8.38. The molecule has 1 amide bonds. The molecule has 2 heterocycles. The number of carbonyl (C=O) groups is 2. The van der Waals surface area contributed by atoms with Crippen molar-refractivity contribution in [1.29, 1.82) is 0 Å². The van der Waals surface area contributed by atoms with E-state index in [9.17, 15) is 18.0 Å². The number of piperidine rings is 2. The predicted molar refractivity (Wildman–Crippen MR) is 155 cm³/mol. The molecule has 2 fully saturated rings. The van der Waals surface area contributed by atoms with Crippen LogP contribution in [0.25, 0.3) is 0 Å². The number of hydrogen-bond acceptors (Lipinski definition) is 6. The maximum atomic E-state index is 13.2. The number of ether oxygens (including phenoxy) is 1. The van der Waals surface area contributed by atoms with Crippen LogP contribution in [0.2, 0.25) is 0 Å². The van der Waals surface area contributed by atoms with Gasteiger partial charge in [-0.1, -0.05) is 48.5 Å². The summed E-state index contributed by atoms with van der Waals surface area (Å²) >= 11 is 0. The molecule has 40 heavy (non-hydrogen) atoms. The molecule has 4 rings (SSSR count). The Labute approximate surface area is 239 Å².